The Morgan fingerprint density at radius 1 is 1.04 bits per heavy atom. The van der Waals surface area contributed by atoms with Gasteiger partial charge in [-0.3, -0.25) is 9.59 Å². The molecule has 24 heavy (non-hydrogen) atoms. The second kappa shape index (κ2) is 9.39. The Morgan fingerprint density at radius 2 is 1.75 bits per heavy atom. The van der Waals surface area contributed by atoms with Gasteiger partial charge in [-0.25, -0.2) is 4.68 Å². The molecule has 0 radical (unpaired) electrons. The smallest absolute Gasteiger partial charge is 0.303 e. The molecule has 0 spiro atoms. The summed E-state index contributed by atoms with van der Waals surface area (Å²) in [5, 5.41) is 22.3. The number of rotatable bonds is 10. The molecule has 128 valence electrons. The Hall–Kier alpha value is -2.77. The minimum atomic E-state index is -0.742. The zero-order chi connectivity index (χ0) is 17.2. The van der Waals surface area contributed by atoms with Crippen molar-refractivity contribution in [1.82, 2.24) is 25.5 Å². The highest BCUT2D eigenvalue weighted by molar-refractivity contribution is 5.94. The van der Waals surface area contributed by atoms with Crippen LogP contribution < -0.4 is 5.32 Å². The number of benzene rings is 1. The molecule has 2 N–H and O–H groups in total. The molecular weight excluding hydrogens is 310 g/mol. The first-order valence-electron chi connectivity index (χ1n) is 8.00. The zero-order valence-corrected chi connectivity index (χ0v) is 13.4. The molecule has 1 heterocycles. The van der Waals surface area contributed by atoms with E-state index in [2.05, 4.69) is 20.8 Å². The number of carbonyl (C=O) groups is 2. The van der Waals surface area contributed by atoms with Crippen molar-refractivity contribution >= 4 is 11.9 Å². The molecule has 8 nitrogen and oxygen atoms in total. The number of carboxylic acids is 1. The average molecular weight is 331 g/mol. The fourth-order valence-electron chi connectivity index (χ4n) is 2.28. The number of aliphatic carboxylic acids is 1. The molecule has 2 aromatic rings. The maximum atomic E-state index is 12.0. The molecule has 0 aliphatic heterocycles. The van der Waals surface area contributed by atoms with E-state index in [1.807, 2.05) is 0 Å². The highest BCUT2D eigenvalue weighted by atomic mass is 16.4. The summed E-state index contributed by atoms with van der Waals surface area (Å²) in [7, 11) is 0. The molecule has 0 aliphatic rings. The third kappa shape index (κ3) is 5.79. The van der Waals surface area contributed by atoms with E-state index in [1.165, 1.54) is 11.0 Å². The van der Waals surface area contributed by atoms with Gasteiger partial charge < -0.3 is 10.4 Å². The number of tetrazole rings is 1. The summed E-state index contributed by atoms with van der Waals surface area (Å²) >= 11 is 0. The highest BCUT2D eigenvalue weighted by Crippen LogP contribution is 2.08. The molecule has 0 unspecified atom stereocenters. The van der Waals surface area contributed by atoms with Gasteiger partial charge in [0.1, 0.15) is 6.33 Å². The lowest BCUT2D eigenvalue weighted by molar-refractivity contribution is -0.137. The van der Waals surface area contributed by atoms with Gasteiger partial charge in [0.05, 0.1) is 5.69 Å². The molecule has 1 aromatic carbocycles. The molecular formula is C16H21N5O3. The second-order valence-corrected chi connectivity index (χ2v) is 5.47. The number of carboxylic acid groups (broad SMARTS) is 1. The van der Waals surface area contributed by atoms with E-state index < -0.39 is 5.97 Å². The normalized spacial score (nSPS) is 10.5. The highest BCUT2D eigenvalue weighted by Gasteiger charge is 2.05. The standard InChI is InChI=1S/C16H21N5O3/c22-15(23)6-4-2-1-3-5-11-17-16(24)13-7-9-14(10-8-13)21-12-18-19-20-21/h7-10,12H,1-6,11H2,(H,17,24)(H,22,23). The minimum absolute atomic E-state index is 0.107. The first-order valence-corrected chi connectivity index (χ1v) is 8.00. The summed E-state index contributed by atoms with van der Waals surface area (Å²) in [6.07, 6.45) is 6.22. The Bertz CT molecular complexity index is 640. The Morgan fingerprint density at radius 3 is 2.42 bits per heavy atom. The van der Waals surface area contributed by atoms with Crippen LogP contribution in [0.25, 0.3) is 5.69 Å². The van der Waals surface area contributed by atoms with Crippen molar-refractivity contribution in [2.45, 2.75) is 38.5 Å². The van der Waals surface area contributed by atoms with Gasteiger partial charge in [0.2, 0.25) is 0 Å². The van der Waals surface area contributed by atoms with E-state index in [-0.39, 0.29) is 12.3 Å². The van der Waals surface area contributed by atoms with Gasteiger partial charge in [0.25, 0.3) is 5.91 Å². The predicted molar refractivity (Wildman–Crippen MR) is 86.8 cm³/mol. The van der Waals surface area contributed by atoms with Crippen LogP contribution in [0.2, 0.25) is 0 Å². The largest absolute Gasteiger partial charge is 0.481 e. The van der Waals surface area contributed by atoms with Gasteiger partial charge in [-0.05, 0) is 47.5 Å². The summed E-state index contributed by atoms with van der Waals surface area (Å²) in [5.74, 6) is -0.850. The van der Waals surface area contributed by atoms with Crippen molar-refractivity contribution in [2.24, 2.45) is 0 Å². The lowest BCUT2D eigenvalue weighted by atomic mass is 10.1. The van der Waals surface area contributed by atoms with E-state index in [4.69, 9.17) is 5.11 Å². The van der Waals surface area contributed by atoms with E-state index in [1.54, 1.807) is 24.3 Å². The summed E-state index contributed by atoms with van der Waals surface area (Å²) in [5.41, 5.74) is 1.38. The molecule has 0 aliphatic carbocycles. The minimum Gasteiger partial charge on any atom is -0.481 e. The quantitative estimate of drug-likeness (QED) is 0.643. The monoisotopic (exact) mass is 331 g/mol. The van der Waals surface area contributed by atoms with Crippen molar-refractivity contribution in [3.63, 3.8) is 0 Å². The van der Waals surface area contributed by atoms with Crippen molar-refractivity contribution < 1.29 is 14.7 Å². The van der Waals surface area contributed by atoms with Crippen LogP contribution in [0.4, 0.5) is 0 Å². The summed E-state index contributed by atoms with van der Waals surface area (Å²) < 4.78 is 1.52. The van der Waals surface area contributed by atoms with Gasteiger partial charge in [0, 0.05) is 18.5 Å². The van der Waals surface area contributed by atoms with Crippen LogP contribution in [0, 0.1) is 0 Å². The molecule has 2 rings (SSSR count). The Labute approximate surface area is 139 Å². The first-order chi connectivity index (χ1) is 11.7. The molecule has 1 amide bonds. The van der Waals surface area contributed by atoms with Crippen LogP contribution in [0.1, 0.15) is 48.9 Å². The van der Waals surface area contributed by atoms with Gasteiger partial charge >= 0.3 is 5.97 Å². The van der Waals surface area contributed by atoms with Crippen LogP contribution in [0.3, 0.4) is 0 Å². The summed E-state index contributed by atoms with van der Waals surface area (Å²) in [4.78, 5) is 22.4. The Kier molecular flexibility index (Phi) is 6.88. The van der Waals surface area contributed by atoms with Crippen LogP contribution >= 0.6 is 0 Å². The molecule has 0 fully saturated rings. The van der Waals surface area contributed by atoms with Crippen molar-refractivity contribution in [1.29, 1.82) is 0 Å². The zero-order valence-electron chi connectivity index (χ0n) is 13.4. The number of aromatic nitrogens is 4. The average Bonchev–Trinajstić information content (AvgIpc) is 3.11. The molecule has 1 aromatic heterocycles. The topological polar surface area (TPSA) is 110 Å². The van der Waals surface area contributed by atoms with Crippen molar-refractivity contribution in [2.75, 3.05) is 6.54 Å². The van der Waals surface area contributed by atoms with Gasteiger partial charge in [-0.2, -0.15) is 0 Å². The predicted octanol–water partition coefficient (Wildman–Crippen LogP) is 1.82. The molecule has 0 saturated carbocycles. The number of nitrogens with zero attached hydrogens (tertiary/aromatic N) is 4. The number of hydrogen-bond acceptors (Lipinski definition) is 5. The Balaban J connectivity index is 1.63. The number of hydrogen-bond donors (Lipinski definition) is 2. The number of carbonyl (C=O) groups excluding carboxylic acids is 1. The first kappa shape index (κ1) is 17.6. The molecule has 0 bridgehead atoms. The fourth-order valence-corrected chi connectivity index (χ4v) is 2.28. The summed E-state index contributed by atoms with van der Waals surface area (Å²) in [6, 6.07) is 7.04. The third-order valence-electron chi connectivity index (χ3n) is 3.60. The maximum absolute atomic E-state index is 12.0. The van der Waals surface area contributed by atoms with Crippen LogP contribution in [-0.4, -0.2) is 43.7 Å². The van der Waals surface area contributed by atoms with Gasteiger partial charge in [0.15, 0.2) is 0 Å². The molecule has 8 heteroatoms. The van der Waals surface area contributed by atoms with Gasteiger partial charge in [-0.1, -0.05) is 19.3 Å². The van der Waals surface area contributed by atoms with Crippen molar-refractivity contribution in [3.8, 4) is 5.69 Å². The van der Waals surface area contributed by atoms with E-state index in [0.29, 0.717) is 12.1 Å². The third-order valence-corrected chi connectivity index (χ3v) is 3.60. The van der Waals surface area contributed by atoms with Crippen molar-refractivity contribution in [3.05, 3.63) is 36.2 Å². The fraction of sp³-hybridized carbons (Fsp3) is 0.438. The molecule has 0 saturated heterocycles. The van der Waals surface area contributed by atoms with Crippen LogP contribution in [0.5, 0.6) is 0 Å². The number of nitrogens with one attached hydrogen (secondary N) is 1. The maximum Gasteiger partial charge on any atom is 0.303 e. The van der Waals surface area contributed by atoms with Gasteiger partial charge in [-0.15, -0.1) is 5.10 Å². The lowest BCUT2D eigenvalue weighted by Crippen LogP contribution is -2.24. The van der Waals surface area contributed by atoms with E-state index in [0.717, 1.165) is 37.8 Å². The summed E-state index contributed by atoms with van der Waals surface area (Å²) in [6.45, 7) is 0.618. The second-order valence-electron chi connectivity index (χ2n) is 5.47. The number of unbranched alkanes of at least 4 members (excludes halogenated alkanes) is 4. The van der Waals surface area contributed by atoms with Crippen LogP contribution in [-0.2, 0) is 4.79 Å². The van der Waals surface area contributed by atoms with E-state index in [9.17, 15) is 9.59 Å². The van der Waals surface area contributed by atoms with E-state index >= 15 is 0 Å². The van der Waals surface area contributed by atoms with Crippen LogP contribution in [0.15, 0.2) is 30.6 Å². The molecule has 0 atom stereocenters. The lowest BCUT2D eigenvalue weighted by Gasteiger charge is -2.06. The SMILES string of the molecule is O=C(O)CCCCCCCNC(=O)c1ccc(-n2cnnn2)cc1. The number of amides is 1.